The van der Waals surface area contributed by atoms with Gasteiger partial charge in [0.1, 0.15) is 0 Å². The number of thioether (sulfide) groups is 1. The van der Waals surface area contributed by atoms with Crippen LogP contribution in [0.5, 0.6) is 0 Å². The van der Waals surface area contributed by atoms with E-state index < -0.39 is 0 Å². The van der Waals surface area contributed by atoms with Crippen molar-refractivity contribution in [3.05, 3.63) is 0 Å². The number of carbonyl (C=O) groups excluding carboxylic acids is 1. The number of rotatable bonds is 4. The lowest BCUT2D eigenvalue weighted by atomic mass is 10.1. The predicted molar refractivity (Wildman–Crippen MR) is 57.0 cm³/mol. The molecule has 2 unspecified atom stereocenters. The Morgan fingerprint density at radius 2 is 2.46 bits per heavy atom. The Hall–Kier alpha value is -0.220. The molecule has 1 saturated heterocycles. The van der Waals surface area contributed by atoms with E-state index in [0.29, 0.717) is 0 Å². The number of carbonyl (C=O) groups is 1. The van der Waals surface area contributed by atoms with Gasteiger partial charge in [-0.1, -0.05) is 0 Å². The standard InChI is InChI=1S/C9H18N2OS/c1-7(9(12)10-2)11-5-8-3-4-13-6-8/h7-8,11H,3-6H2,1-2H3,(H,10,12). The van der Waals surface area contributed by atoms with Gasteiger partial charge in [0, 0.05) is 7.05 Å². The molecule has 1 amide bonds. The van der Waals surface area contributed by atoms with Gasteiger partial charge in [0.15, 0.2) is 0 Å². The van der Waals surface area contributed by atoms with Gasteiger partial charge in [-0.25, -0.2) is 0 Å². The second-order valence-corrected chi connectivity index (χ2v) is 4.62. The van der Waals surface area contributed by atoms with E-state index in [1.165, 1.54) is 17.9 Å². The molecule has 0 aromatic carbocycles. The van der Waals surface area contributed by atoms with Crippen molar-refractivity contribution < 1.29 is 4.79 Å². The molecule has 0 aromatic rings. The van der Waals surface area contributed by atoms with Crippen molar-refractivity contribution in [1.29, 1.82) is 0 Å². The van der Waals surface area contributed by atoms with E-state index in [2.05, 4.69) is 10.6 Å². The lowest BCUT2D eigenvalue weighted by molar-refractivity contribution is -0.122. The first-order valence-corrected chi connectivity index (χ1v) is 5.92. The Bertz CT molecular complexity index is 169. The summed E-state index contributed by atoms with van der Waals surface area (Å²) in [7, 11) is 1.67. The van der Waals surface area contributed by atoms with E-state index in [9.17, 15) is 4.79 Å². The van der Waals surface area contributed by atoms with Gasteiger partial charge in [-0.2, -0.15) is 11.8 Å². The number of hydrogen-bond acceptors (Lipinski definition) is 3. The molecule has 4 heteroatoms. The molecule has 3 nitrogen and oxygen atoms in total. The molecular formula is C9H18N2OS. The summed E-state index contributed by atoms with van der Waals surface area (Å²) in [5.74, 6) is 3.36. The van der Waals surface area contributed by atoms with Crippen LogP contribution in [-0.4, -0.2) is 37.0 Å². The minimum absolute atomic E-state index is 0.0596. The maximum absolute atomic E-state index is 11.1. The molecule has 2 atom stereocenters. The maximum atomic E-state index is 11.1. The van der Waals surface area contributed by atoms with Gasteiger partial charge in [0.05, 0.1) is 6.04 Å². The van der Waals surface area contributed by atoms with Crippen LogP contribution in [0.4, 0.5) is 0 Å². The van der Waals surface area contributed by atoms with Crippen LogP contribution in [0.2, 0.25) is 0 Å². The minimum atomic E-state index is -0.0596. The summed E-state index contributed by atoms with van der Waals surface area (Å²) in [6.45, 7) is 2.88. The zero-order valence-corrected chi connectivity index (χ0v) is 9.12. The fourth-order valence-electron chi connectivity index (χ4n) is 1.40. The Kier molecular flexibility index (Phi) is 4.59. The smallest absolute Gasteiger partial charge is 0.236 e. The average Bonchev–Trinajstić information content (AvgIpc) is 2.65. The summed E-state index contributed by atoms with van der Waals surface area (Å²) in [5.41, 5.74) is 0. The number of nitrogens with one attached hydrogen (secondary N) is 2. The van der Waals surface area contributed by atoms with E-state index in [4.69, 9.17) is 0 Å². The number of hydrogen-bond donors (Lipinski definition) is 2. The van der Waals surface area contributed by atoms with Gasteiger partial charge in [0.25, 0.3) is 0 Å². The van der Waals surface area contributed by atoms with Crippen molar-refractivity contribution in [2.24, 2.45) is 5.92 Å². The van der Waals surface area contributed by atoms with Crippen LogP contribution < -0.4 is 10.6 Å². The first-order valence-electron chi connectivity index (χ1n) is 4.76. The quantitative estimate of drug-likeness (QED) is 0.696. The maximum Gasteiger partial charge on any atom is 0.236 e. The molecule has 1 rings (SSSR count). The highest BCUT2D eigenvalue weighted by molar-refractivity contribution is 7.99. The molecule has 13 heavy (non-hydrogen) atoms. The zero-order valence-electron chi connectivity index (χ0n) is 8.30. The topological polar surface area (TPSA) is 41.1 Å². The summed E-state index contributed by atoms with van der Waals surface area (Å²) in [6.07, 6.45) is 1.29. The third-order valence-electron chi connectivity index (χ3n) is 2.38. The SMILES string of the molecule is CNC(=O)C(C)NCC1CCSC1. The van der Waals surface area contributed by atoms with Crippen LogP contribution in [0, 0.1) is 5.92 Å². The van der Waals surface area contributed by atoms with Gasteiger partial charge in [0.2, 0.25) is 5.91 Å². The van der Waals surface area contributed by atoms with Gasteiger partial charge in [-0.05, 0) is 37.3 Å². The van der Waals surface area contributed by atoms with Crippen LogP contribution >= 0.6 is 11.8 Å². The molecule has 2 N–H and O–H groups in total. The summed E-state index contributed by atoms with van der Waals surface area (Å²) in [4.78, 5) is 11.1. The highest BCUT2D eigenvalue weighted by Crippen LogP contribution is 2.22. The van der Waals surface area contributed by atoms with Crippen molar-refractivity contribution in [1.82, 2.24) is 10.6 Å². The second-order valence-electron chi connectivity index (χ2n) is 3.47. The highest BCUT2D eigenvalue weighted by Gasteiger charge is 2.17. The summed E-state index contributed by atoms with van der Waals surface area (Å²) in [5, 5.41) is 5.88. The fraction of sp³-hybridized carbons (Fsp3) is 0.889. The van der Waals surface area contributed by atoms with Gasteiger partial charge in [-0.15, -0.1) is 0 Å². The first-order chi connectivity index (χ1) is 6.24. The first kappa shape index (κ1) is 10.9. The molecular weight excluding hydrogens is 184 g/mol. The molecule has 0 spiro atoms. The lowest BCUT2D eigenvalue weighted by Crippen LogP contribution is -2.42. The molecule has 1 aliphatic rings. The van der Waals surface area contributed by atoms with Crippen LogP contribution in [0.15, 0.2) is 0 Å². The van der Waals surface area contributed by atoms with Crippen molar-refractivity contribution in [3.8, 4) is 0 Å². The van der Waals surface area contributed by atoms with Gasteiger partial charge in [-0.3, -0.25) is 4.79 Å². The molecule has 1 heterocycles. The predicted octanol–water partition coefficient (Wildman–Crippen LogP) is 0.464. The van der Waals surface area contributed by atoms with Gasteiger partial charge < -0.3 is 10.6 Å². The largest absolute Gasteiger partial charge is 0.358 e. The number of amides is 1. The van der Waals surface area contributed by atoms with Crippen LogP contribution in [0.1, 0.15) is 13.3 Å². The van der Waals surface area contributed by atoms with Crippen molar-refractivity contribution in [2.75, 3.05) is 25.1 Å². The van der Waals surface area contributed by atoms with Crippen LogP contribution in [0.25, 0.3) is 0 Å². The fourth-order valence-corrected chi connectivity index (χ4v) is 2.68. The lowest BCUT2D eigenvalue weighted by Gasteiger charge is -2.15. The summed E-state index contributed by atoms with van der Waals surface area (Å²) in [6, 6.07) is -0.0596. The van der Waals surface area contributed by atoms with Crippen LogP contribution in [-0.2, 0) is 4.79 Å². The Morgan fingerprint density at radius 1 is 1.69 bits per heavy atom. The van der Waals surface area contributed by atoms with E-state index in [1.54, 1.807) is 7.05 Å². The average molecular weight is 202 g/mol. The van der Waals surface area contributed by atoms with E-state index >= 15 is 0 Å². The molecule has 76 valence electrons. The summed E-state index contributed by atoms with van der Waals surface area (Å²) < 4.78 is 0. The molecule has 0 aliphatic carbocycles. The number of likely N-dealkylation sites (N-methyl/N-ethyl adjacent to an activating group) is 1. The Morgan fingerprint density at radius 3 is 3.00 bits per heavy atom. The van der Waals surface area contributed by atoms with E-state index in [-0.39, 0.29) is 11.9 Å². The van der Waals surface area contributed by atoms with Gasteiger partial charge >= 0.3 is 0 Å². The Labute approximate surface area is 84.0 Å². The van der Waals surface area contributed by atoms with E-state index in [1.807, 2.05) is 18.7 Å². The normalized spacial score (nSPS) is 24.3. The molecule has 0 saturated carbocycles. The van der Waals surface area contributed by atoms with E-state index in [0.717, 1.165) is 12.5 Å². The highest BCUT2D eigenvalue weighted by atomic mass is 32.2. The third-order valence-corrected chi connectivity index (χ3v) is 3.61. The molecule has 0 bridgehead atoms. The van der Waals surface area contributed by atoms with Crippen molar-refractivity contribution in [3.63, 3.8) is 0 Å². The Balaban J connectivity index is 2.13. The molecule has 0 radical (unpaired) electrons. The van der Waals surface area contributed by atoms with Crippen molar-refractivity contribution in [2.45, 2.75) is 19.4 Å². The monoisotopic (exact) mass is 202 g/mol. The van der Waals surface area contributed by atoms with Crippen LogP contribution in [0.3, 0.4) is 0 Å². The molecule has 1 fully saturated rings. The minimum Gasteiger partial charge on any atom is -0.358 e. The zero-order chi connectivity index (χ0) is 9.68. The summed E-state index contributed by atoms with van der Waals surface area (Å²) >= 11 is 2.01. The van der Waals surface area contributed by atoms with Crippen molar-refractivity contribution >= 4 is 17.7 Å². The molecule has 0 aromatic heterocycles. The molecule has 1 aliphatic heterocycles. The second kappa shape index (κ2) is 5.50. The third kappa shape index (κ3) is 3.56.